The molecule has 0 aliphatic heterocycles. The third-order valence-corrected chi connectivity index (χ3v) is 4.53. The van der Waals surface area contributed by atoms with Crippen LogP contribution in [0.2, 0.25) is 0 Å². The van der Waals surface area contributed by atoms with E-state index >= 15 is 0 Å². The van der Waals surface area contributed by atoms with Gasteiger partial charge < -0.3 is 15.2 Å². The van der Waals surface area contributed by atoms with Gasteiger partial charge >= 0.3 is 0 Å². The highest BCUT2D eigenvalue weighted by Crippen LogP contribution is 2.32. The van der Waals surface area contributed by atoms with Crippen LogP contribution in [0.4, 0.5) is 17.1 Å². The third-order valence-electron chi connectivity index (χ3n) is 4.53. The van der Waals surface area contributed by atoms with E-state index in [9.17, 15) is 4.79 Å². The first-order chi connectivity index (χ1) is 13.2. The fraction of sp³-hybridized carbons (Fsp3) is 0.0952. The molecule has 6 heteroatoms. The smallest absolute Gasteiger partial charge is 0.211 e. The predicted octanol–water partition coefficient (Wildman–Crippen LogP) is 4.26. The zero-order valence-corrected chi connectivity index (χ0v) is 15.1. The molecule has 2 N–H and O–H groups in total. The number of rotatable bonds is 5. The van der Waals surface area contributed by atoms with Crippen LogP contribution in [0.5, 0.6) is 0 Å². The molecule has 1 amide bonds. The van der Waals surface area contributed by atoms with Gasteiger partial charge in [-0.05, 0) is 48.9 Å². The molecule has 0 fully saturated rings. The number of carbonyl (C=O) groups excluding carboxylic acids is 1. The zero-order valence-electron chi connectivity index (χ0n) is 15.1. The quantitative estimate of drug-likeness (QED) is 0.524. The van der Waals surface area contributed by atoms with Gasteiger partial charge in [0.05, 0.1) is 11.4 Å². The minimum atomic E-state index is 0.677. The number of aryl methyl sites for hydroxylation is 2. The fourth-order valence-electron chi connectivity index (χ4n) is 3.06. The van der Waals surface area contributed by atoms with Crippen LogP contribution in [-0.4, -0.2) is 20.9 Å². The van der Waals surface area contributed by atoms with E-state index < -0.39 is 0 Å². The van der Waals surface area contributed by atoms with Crippen molar-refractivity contribution in [2.24, 2.45) is 7.05 Å². The monoisotopic (exact) mass is 357 g/mol. The van der Waals surface area contributed by atoms with E-state index in [2.05, 4.69) is 15.6 Å². The maximum Gasteiger partial charge on any atom is 0.211 e. The highest BCUT2D eigenvalue weighted by atomic mass is 16.1. The first-order valence-corrected chi connectivity index (χ1v) is 8.60. The van der Waals surface area contributed by atoms with Crippen molar-refractivity contribution in [2.45, 2.75) is 6.92 Å². The van der Waals surface area contributed by atoms with Crippen molar-refractivity contribution in [2.75, 3.05) is 10.6 Å². The lowest BCUT2D eigenvalue weighted by molar-refractivity contribution is -0.105. The minimum Gasteiger partial charge on any atom is -0.355 e. The average Bonchev–Trinajstić information content (AvgIpc) is 3.07. The number of pyridine rings is 2. The van der Waals surface area contributed by atoms with Gasteiger partial charge in [0, 0.05) is 48.0 Å². The van der Waals surface area contributed by atoms with Gasteiger partial charge in [0.15, 0.2) is 0 Å². The Kier molecular flexibility index (Phi) is 4.30. The SMILES string of the molecule is Cc1ccc(NC=O)cc1Nc1cc(-c2cccnc2)nc2c1ccn2C. The summed E-state index contributed by atoms with van der Waals surface area (Å²) in [5.74, 6) is 0. The molecule has 0 saturated heterocycles. The number of aromatic nitrogens is 3. The molecule has 0 unspecified atom stereocenters. The highest BCUT2D eigenvalue weighted by Gasteiger charge is 2.12. The van der Waals surface area contributed by atoms with Crippen LogP contribution in [0.25, 0.3) is 22.3 Å². The largest absolute Gasteiger partial charge is 0.355 e. The van der Waals surface area contributed by atoms with Crippen molar-refractivity contribution in [3.63, 3.8) is 0 Å². The van der Waals surface area contributed by atoms with Crippen molar-refractivity contribution in [1.82, 2.24) is 14.5 Å². The van der Waals surface area contributed by atoms with Crippen molar-refractivity contribution in [3.8, 4) is 11.3 Å². The summed E-state index contributed by atoms with van der Waals surface area (Å²) >= 11 is 0. The predicted molar refractivity (Wildman–Crippen MR) is 108 cm³/mol. The molecule has 3 aromatic heterocycles. The lowest BCUT2D eigenvalue weighted by atomic mass is 10.1. The van der Waals surface area contributed by atoms with Gasteiger partial charge in [0.25, 0.3) is 0 Å². The number of anilines is 3. The summed E-state index contributed by atoms with van der Waals surface area (Å²) in [4.78, 5) is 19.8. The molecule has 4 rings (SSSR count). The van der Waals surface area contributed by atoms with E-state index in [1.54, 1.807) is 12.4 Å². The number of nitrogens with zero attached hydrogens (tertiary/aromatic N) is 3. The molecule has 3 heterocycles. The Balaban J connectivity index is 1.84. The molecule has 0 aliphatic carbocycles. The third kappa shape index (κ3) is 3.25. The maximum absolute atomic E-state index is 10.8. The molecule has 0 bridgehead atoms. The number of nitrogens with one attached hydrogen (secondary N) is 2. The Morgan fingerprint density at radius 1 is 1.11 bits per heavy atom. The Morgan fingerprint density at radius 3 is 2.78 bits per heavy atom. The van der Waals surface area contributed by atoms with Gasteiger partial charge in [0.2, 0.25) is 6.41 Å². The molecule has 4 aromatic rings. The van der Waals surface area contributed by atoms with Gasteiger partial charge in [0.1, 0.15) is 5.65 Å². The minimum absolute atomic E-state index is 0.677. The van der Waals surface area contributed by atoms with Crippen LogP contribution in [0.15, 0.2) is 61.1 Å². The number of hydrogen-bond donors (Lipinski definition) is 2. The standard InChI is InChI=1S/C21H19N5O/c1-14-5-6-16(23-13-27)10-18(14)24-20-11-19(15-4-3-8-22-12-15)25-21-17(20)7-9-26(21)2/h3-13H,1-2H3,(H,23,27)(H,24,25). The van der Waals surface area contributed by atoms with Crippen molar-refractivity contribution in [1.29, 1.82) is 0 Å². The second kappa shape index (κ2) is 6.92. The Morgan fingerprint density at radius 2 is 2.00 bits per heavy atom. The van der Waals surface area contributed by atoms with Gasteiger partial charge in [-0.2, -0.15) is 0 Å². The first-order valence-electron chi connectivity index (χ1n) is 8.60. The summed E-state index contributed by atoms with van der Waals surface area (Å²) < 4.78 is 2.00. The van der Waals surface area contributed by atoms with E-state index in [4.69, 9.17) is 4.98 Å². The second-order valence-electron chi connectivity index (χ2n) is 6.38. The van der Waals surface area contributed by atoms with Gasteiger partial charge in [-0.3, -0.25) is 9.78 Å². The van der Waals surface area contributed by atoms with E-state index in [1.807, 2.05) is 67.2 Å². The van der Waals surface area contributed by atoms with Crippen LogP contribution in [-0.2, 0) is 11.8 Å². The Labute approximate surface area is 156 Å². The lowest BCUT2D eigenvalue weighted by Gasteiger charge is -2.14. The summed E-state index contributed by atoms with van der Waals surface area (Å²) in [6, 6.07) is 13.7. The summed E-state index contributed by atoms with van der Waals surface area (Å²) in [6.45, 7) is 2.03. The summed E-state index contributed by atoms with van der Waals surface area (Å²) in [5, 5.41) is 7.23. The van der Waals surface area contributed by atoms with Gasteiger partial charge in [-0.25, -0.2) is 4.98 Å². The molecule has 1 aromatic carbocycles. The molecule has 134 valence electrons. The maximum atomic E-state index is 10.8. The molecule has 0 aliphatic rings. The molecule has 6 nitrogen and oxygen atoms in total. The number of carbonyl (C=O) groups is 1. The zero-order chi connectivity index (χ0) is 18.8. The highest BCUT2D eigenvalue weighted by molar-refractivity contribution is 5.95. The number of benzene rings is 1. The molecule has 0 radical (unpaired) electrons. The number of amides is 1. The Bertz CT molecular complexity index is 1120. The number of hydrogen-bond acceptors (Lipinski definition) is 4. The molecule has 0 spiro atoms. The van der Waals surface area contributed by atoms with Crippen molar-refractivity contribution < 1.29 is 4.79 Å². The van der Waals surface area contributed by atoms with E-state index in [0.29, 0.717) is 6.41 Å². The van der Waals surface area contributed by atoms with Crippen LogP contribution in [0.3, 0.4) is 0 Å². The molecular weight excluding hydrogens is 338 g/mol. The fourth-order valence-corrected chi connectivity index (χ4v) is 3.06. The molecule has 0 atom stereocenters. The van der Waals surface area contributed by atoms with Crippen LogP contribution in [0.1, 0.15) is 5.56 Å². The average molecular weight is 357 g/mol. The summed E-state index contributed by atoms with van der Waals surface area (Å²) in [5.41, 5.74) is 6.38. The van der Waals surface area contributed by atoms with Crippen molar-refractivity contribution >= 4 is 34.5 Å². The van der Waals surface area contributed by atoms with Crippen molar-refractivity contribution in [3.05, 3.63) is 66.6 Å². The first kappa shape index (κ1) is 16.8. The normalized spacial score (nSPS) is 10.7. The van der Waals surface area contributed by atoms with Crippen LogP contribution < -0.4 is 10.6 Å². The van der Waals surface area contributed by atoms with E-state index in [-0.39, 0.29) is 0 Å². The molecule has 0 saturated carbocycles. The van der Waals surface area contributed by atoms with Gasteiger partial charge in [-0.15, -0.1) is 0 Å². The van der Waals surface area contributed by atoms with Gasteiger partial charge in [-0.1, -0.05) is 6.07 Å². The molecular formula is C21H19N5O. The Hall–Kier alpha value is -3.67. The second-order valence-corrected chi connectivity index (χ2v) is 6.38. The van der Waals surface area contributed by atoms with E-state index in [0.717, 1.165) is 44.9 Å². The number of fused-ring (bicyclic) bond motifs is 1. The van der Waals surface area contributed by atoms with Crippen LogP contribution in [0, 0.1) is 6.92 Å². The van der Waals surface area contributed by atoms with E-state index in [1.165, 1.54) is 0 Å². The molecule has 27 heavy (non-hydrogen) atoms. The summed E-state index contributed by atoms with van der Waals surface area (Å²) in [6.07, 6.45) is 6.23. The lowest BCUT2D eigenvalue weighted by Crippen LogP contribution is -2.00. The summed E-state index contributed by atoms with van der Waals surface area (Å²) in [7, 11) is 1.98. The topological polar surface area (TPSA) is 71.8 Å². The van der Waals surface area contributed by atoms with Crippen LogP contribution >= 0.6 is 0 Å².